The third kappa shape index (κ3) is 37.7. The zero-order chi connectivity index (χ0) is 76.5. The van der Waals surface area contributed by atoms with E-state index in [4.69, 9.17) is 34.0 Å². The largest absolute Gasteiger partial charge is 0.497 e. The van der Waals surface area contributed by atoms with Crippen LogP contribution in [0.1, 0.15) is 136 Å². The number of rotatable bonds is 26. The van der Waals surface area contributed by atoms with E-state index in [9.17, 15) is 54.0 Å². The second kappa shape index (κ2) is 55.1. The minimum atomic E-state index is -0.935. The van der Waals surface area contributed by atoms with Crippen LogP contribution in [0, 0.1) is 36.5 Å². The number of nitrogens with one attached hydrogen (secondary N) is 5. The van der Waals surface area contributed by atoms with Crippen molar-refractivity contribution in [3.05, 3.63) is 185 Å². The summed E-state index contributed by atoms with van der Waals surface area (Å²) in [5.41, 5.74) is 5.42. The summed E-state index contributed by atoms with van der Waals surface area (Å²) in [4.78, 5) is 104. The Hall–Kier alpha value is -7.64. The van der Waals surface area contributed by atoms with Crippen molar-refractivity contribution in [3.8, 4) is 28.7 Å². The van der Waals surface area contributed by atoms with Crippen LogP contribution in [0.4, 0.5) is 0 Å². The zero-order valence-corrected chi connectivity index (χ0v) is 62.3. The Labute approximate surface area is 611 Å². The quantitative estimate of drug-likeness (QED) is 0.0104. The molecule has 27 nitrogen and oxygen atoms in total. The average Bonchev–Trinajstić information content (AvgIpc) is 0.896. The number of carbonyl (C=O) groups is 7. The summed E-state index contributed by atoms with van der Waals surface area (Å²) < 4.78 is 25.0. The van der Waals surface area contributed by atoms with Crippen molar-refractivity contribution in [2.75, 3.05) is 35.5 Å². The number of aldehydes is 1. The SMILES string of the molecule is CCC(C)=O.COc1ccc([C@@H](O)[C@@H](C)C(=O)ONS)cc1.COc1ccc([C@@H](O)[C@H](C)C(=O)ONS)cc1.COc1ccc([C@H](C)[C@H](C)C(=O)O)cc1.COc1ccc([C@H](O)[C@@H](C)C(=O)ONS)cc1.COc1ccc([C@H](O)[C@H](C)C(=O)ONS)cc1.Cc1ccc(C=O)cc1.ONS. The van der Waals surface area contributed by atoms with Crippen LogP contribution in [0.2, 0.25) is 0 Å². The Bertz CT molecular complexity index is 2930. The number of aliphatic hydroxyl groups excluding tert-OH is 4. The molecule has 6 rings (SSSR count). The molecule has 0 saturated carbocycles. The Kier molecular flexibility index (Phi) is 52.0. The van der Waals surface area contributed by atoms with Gasteiger partial charge >= 0.3 is 29.8 Å². The van der Waals surface area contributed by atoms with E-state index < -0.39 is 77.9 Å². The fourth-order valence-electron chi connectivity index (χ4n) is 7.48. The van der Waals surface area contributed by atoms with Crippen LogP contribution in [0.25, 0.3) is 0 Å². The minimum Gasteiger partial charge on any atom is -0.497 e. The number of aliphatic hydroxyl groups is 4. The number of thiol groups is 5. The van der Waals surface area contributed by atoms with Crippen LogP contribution in [-0.4, -0.2) is 108 Å². The first-order valence-corrected chi connectivity index (χ1v) is 32.3. The summed E-state index contributed by atoms with van der Waals surface area (Å²) in [6, 6.07) is 42.3. The number of hydrogen-bond donors (Lipinski definition) is 16. The summed E-state index contributed by atoms with van der Waals surface area (Å²) in [5, 5.41) is 55.9. The molecule has 0 radical (unpaired) electrons. The average molecular weight is 1490 g/mol. The molecule has 0 heterocycles. The molecule has 0 aromatic heterocycles. The molecule has 0 aliphatic rings. The number of methoxy groups -OCH3 is 5. The number of hydrogen-bond acceptors (Lipinski definition) is 31. The maximum absolute atomic E-state index is 11.4. The molecule has 0 saturated heterocycles. The molecule has 10 atom stereocenters. The van der Waals surface area contributed by atoms with E-state index in [1.807, 2.05) is 88.8 Å². The van der Waals surface area contributed by atoms with E-state index >= 15 is 0 Å². The minimum absolute atomic E-state index is 0.00778. The molecule has 100 heavy (non-hydrogen) atoms. The van der Waals surface area contributed by atoms with Gasteiger partial charge in [0.1, 0.15) is 40.8 Å². The highest BCUT2D eigenvalue weighted by molar-refractivity contribution is 7.78. The van der Waals surface area contributed by atoms with Crippen LogP contribution in [-0.2, 0) is 48.1 Å². The first kappa shape index (κ1) is 94.4. The number of carbonyl (C=O) groups excluding carboxylic acids is 6. The Morgan fingerprint density at radius 2 is 0.600 bits per heavy atom. The number of aliphatic carboxylic acids is 1. The lowest BCUT2D eigenvalue weighted by atomic mass is 9.89. The summed E-state index contributed by atoms with van der Waals surface area (Å²) in [6.45, 7) is 15.4. The third-order valence-corrected chi connectivity index (χ3v) is 14.7. The van der Waals surface area contributed by atoms with Crippen LogP contribution in [0.5, 0.6) is 28.7 Å². The van der Waals surface area contributed by atoms with Crippen molar-refractivity contribution in [1.82, 2.24) is 24.4 Å². The molecule has 0 spiro atoms. The predicted octanol–water partition coefficient (Wildman–Crippen LogP) is 10.2. The van der Waals surface area contributed by atoms with Crippen molar-refractivity contribution in [1.29, 1.82) is 0 Å². The molecule has 32 heteroatoms. The number of carboxylic acids is 1. The molecule has 6 aromatic rings. The Morgan fingerprint density at radius 3 is 0.760 bits per heavy atom. The van der Waals surface area contributed by atoms with Gasteiger partial charge in [0.25, 0.3) is 0 Å². The number of carboxylic acid groups (broad SMARTS) is 1. The number of aryl methyl sites for hydroxylation is 1. The second-order valence-corrected chi connectivity index (χ2v) is 21.9. The molecule has 0 amide bonds. The van der Waals surface area contributed by atoms with Crippen LogP contribution < -0.4 is 48.1 Å². The molecule has 11 N–H and O–H groups in total. The van der Waals surface area contributed by atoms with E-state index in [0.29, 0.717) is 51.7 Å². The van der Waals surface area contributed by atoms with Gasteiger partial charge in [-0.05, 0) is 136 Å². The van der Waals surface area contributed by atoms with Gasteiger partial charge in [0.05, 0.1) is 89.6 Å². The van der Waals surface area contributed by atoms with Crippen molar-refractivity contribution in [3.63, 3.8) is 0 Å². The first-order chi connectivity index (χ1) is 47.5. The summed E-state index contributed by atoms with van der Waals surface area (Å²) in [7, 11) is 7.85. The fraction of sp³-hybridized carbons (Fsp3) is 0.368. The standard InChI is InChI=1S/C12H16O3.4C11H15NO4S.C8H8O.C4H8O.H3NOS/c1-8(9(2)12(13)14)10-4-6-11(15-3)7-5-10;4*1-7(11(14)16-12-17)10(13)8-3-5-9(15-2)6-4-8;1-7-2-4-8(6-9)5-3-7;1-3-4(2)5;2-1-3/h4-9H,1-3H3,(H,13,14);4*3-7,10,12-13,17H,1-2H3;2-6H,1H3;3H2,1-2H3;1-3H/t8-,9+;2*7-,10+;2*7-,10-;;;/m11010.../s1. The molecular weight excluding hydrogens is 1400 g/mol. The molecule has 0 aliphatic carbocycles. The third-order valence-electron chi connectivity index (χ3n) is 14.3. The van der Waals surface area contributed by atoms with E-state index in [1.165, 1.54) is 10.4 Å². The van der Waals surface area contributed by atoms with Crippen molar-refractivity contribution in [2.45, 2.75) is 99.1 Å². The lowest BCUT2D eigenvalue weighted by molar-refractivity contribution is -0.155. The highest BCUT2D eigenvalue weighted by Crippen LogP contribution is 2.30. The molecule has 0 aliphatic heterocycles. The molecular formula is C68H95N5O22S5. The normalized spacial score (nSPS) is 13.0. The van der Waals surface area contributed by atoms with E-state index in [-0.39, 0.29) is 17.6 Å². The fourth-order valence-corrected chi connectivity index (χ4v) is 7.84. The Balaban J connectivity index is 0. The van der Waals surface area contributed by atoms with Gasteiger partial charge in [0.2, 0.25) is 0 Å². The molecule has 0 fully saturated rings. The van der Waals surface area contributed by atoms with Crippen molar-refractivity contribution < 1.29 is 107 Å². The summed E-state index contributed by atoms with van der Waals surface area (Å²) >= 11 is 17.3. The lowest BCUT2D eigenvalue weighted by Crippen LogP contribution is -2.24. The maximum Gasteiger partial charge on any atom is 0.331 e. The molecule has 0 bridgehead atoms. The van der Waals surface area contributed by atoms with Crippen molar-refractivity contribution in [2.24, 2.45) is 29.6 Å². The highest BCUT2D eigenvalue weighted by Gasteiger charge is 2.28. The Morgan fingerprint density at radius 1 is 0.400 bits per heavy atom. The first-order valence-electron chi connectivity index (χ1n) is 30.0. The smallest absolute Gasteiger partial charge is 0.331 e. The van der Waals surface area contributed by atoms with Crippen LogP contribution in [0.15, 0.2) is 146 Å². The van der Waals surface area contributed by atoms with E-state index in [2.05, 4.69) is 83.4 Å². The molecule has 6 aromatic carbocycles. The summed E-state index contributed by atoms with van der Waals surface area (Å²) in [5.74, 6) is -2.43. The van der Waals surface area contributed by atoms with Gasteiger partial charge in [0.15, 0.2) is 0 Å². The van der Waals surface area contributed by atoms with Gasteiger partial charge in [-0.25, -0.2) is 19.2 Å². The van der Waals surface area contributed by atoms with Gasteiger partial charge in [-0.15, -0.1) is 0 Å². The predicted molar refractivity (Wildman–Crippen MR) is 391 cm³/mol. The highest BCUT2D eigenvalue weighted by atomic mass is 32.1. The lowest BCUT2D eigenvalue weighted by Gasteiger charge is -2.17. The number of ketones is 1. The van der Waals surface area contributed by atoms with Gasteiger partial charge in [0, 0.05) is 12.0 Å². The second-order valence-electron chi connectivity index (χ2n) is 20.9. The van der Waals surface area contributed by atoms with Gasteiger partial charge in [-0.3, -0.25) is 9.59 Å². The van der Waals surface area contributed by atoms with Gasteiger partial charge < -0.3 is 78.6 Å². The van der Waals surface area contributed by atoms with Gasteiger partial charge in [-0.2, -0.15) is 4.89 Å². The van der Waals surface area contributed by atoms with Gasteiger partial charge in [-0.1, -0.05) is 195 Å². The number of Topliss-reactive ketones (excluding diaryl/α,β-unsaturated/α-hetero) is 1. The van der Waals surface area contributed by atoms with Crippen molar-refractivity contribution >= 4 is 106 Å². The monoisotopic (exact) mass is 1490 g/mol. The van der Waals surface area contributed by atoms with Crippen LogP contribution >= 0.6 is 64.1 Å². The number of ether oxygens (including phenoxy) is 5. The van der Waals surface area contributed by atoms with Crippen LogP contribution in [0.3, 0.4) is 0 Å². The summed E-state index contributed by atoms with van der Waals surface area (Å²) in [6.07, 6.45) is -2.23. The van der Waals surface area contributed by atoms with E-state index in [1.54, 1.807) is 174 Å². The molecule has 0 unspecified atom stereocenters. The zero-order valence-electron chi connectivity index (χ0n) is 57.9. The van der Waals surface area contributed by atoms with E-state index in [0.717, 1.165) is 23.2 Å². The molecule has 554 valence electrons. The topological polar surface area (TPSA) is 384 Å². The number of benzene rings is 6. The maximum atomic E-state index is 11.4.